The van der Waals surface area contributed by atoms with Crippen LogP contribution in [0.15, 0.2) is 18.2 Å². The van der Waals surface area contributed by atoms with E-state index >= 15 is 0 Å². The number of phenolic OH excluding ortho intramolecular Hbond substituents is 1. The second kappa shape index (κ2) is 6.02. The molecule has 0 saturated carbocycles. The smallest absolute Gasteiger partial charge is 0.326 e. The van der Waals surface area contributed by atoms with Crippen molar-refractivity contribution in [2.75, 3.05) is 6.61 Å². The molecule has 6 heteroatoms. The normalized spacial score (nSPS) is 11.9. The lowest BCUT2D eigenvalue weighted by atomic mass is 10.1. The zero-order valence-corrected chi connectivity index (χ0v) is 9.88. The van der Waals surface area contributed by atoms with Crippen LogP contribution in [-0.2, 0) is 4.79 Å². The molecule has 1 amide bonds. The number of carboxylic acids is 1. The van der Waals surface area contributed by atoms with Crippen molar-refractivity contribution in [3.8, 4) is 5.75 Å². The Morgan fingerprint density at radius 2 is 2.06 bits per heavy atom. The summed E-state index contributed by atoms with van der Waals surface area (Å²) < 4.78 is 0. The van der Waals surface area contributed by atoms with Crippen LogP contribution in [0.4, 0.5) is 0 Å². The number of aliphatic carboxylic acids is 1. The number of carboxylic acid groups (broad SMARTS) is 1. The minimum atomic E-state index is -1.21. The van der Waals surface area contributed by atoms with Gasteiger partial charge in [0.1, 0.15) is 11.8 Å². The standard InChI is InChI=1S/C12H15NO5/c1-7-8(3-2-4-10(7)15)11(16)13-9(5-6-14)12(17)18/h2-4,9,14-15H,5-6H2,1H3,(H,13,16)(H,17,18)/t9-/m0/s1. The monoisotopic (exact) mass is 253 g/mol. The van der Waals surface area contributed by atoms with Gasteiger partial charge in [0, 0.05) is 24.2 Å². The molecule has 1 aromatic rings. The summed E-state index contributed by atoms with van der Waals surface area (Å²) in [6.07, 6.45) is -0.0705. The first-order valence-corrected chi connectivity index (χ1v) is 5.40. The number of aliphatic hydroxyl groups is 1. The van der Waals surface area contributed by atoms with Gasteiger partial charge in [0.25, 0.3) is 5.91 Å². The van der Waals surface area contributed by atoms with Crippen molar-refractivity contribution in [3.63, 3.8) is 0 Å². The number of carbonyl (C=O) groups excluding carboxylic acids is 1. The fourth-order valence-corrected chi connectivity index (χ4v) is 1.49. The van der Waals surface area contributed by atoms with Crippen LogP contribution in [0, 0.1) is 6.92 Å². The maximum Gasteiger partial charge on any atom is 0.326 e. The maximum absolute atomic E-state index is 11.8. The molecule has 1 atom stereocenters. The highest BCUT2D eigenvalue weighted by molar-refractivity contribution is 5.98. The Morgan fingerprint density at radius 3 is 2.61 bits per heavy atom. The van der Waals surface area contributed by atoms with E-state index in [9.17, 15) is 14.7 Å². The molecule has 0 aliphatic carbocycles. The molecule has 98 valence electrons. The molecule has 0 unspecified atom stereocenters. The summed E-state index contributed by atoms with van der Waals surface area (Å²) in [6, 6.07) is 3.28. The predicted molar refractivity (Wildman–Crippen MR) is 63.4 cm³/mol. The molecular weight excluding hydrogens is 238 g/mol. The Kier molecular flexibility index (Phi) is 4.67. The largest absolute Gasteiger partial charge is 0.508 e. The van der Waals surface area contributed by atoms with Crippen LogP contribution >= 0.6 is 0 Å². The van der Waals surface area contributed by atoms with Crippen LogP contribution < -0.4 is 5.32 Å². The Balaban J connectivity index is 2.87. The van der Waals surface area contributed by atoms with Crippen LogP contribution in [0.25, 0.3) is 0 Å². The van der Waals surface area contributed by atoms with Gasteiger partial charge in [-0.1, -0.05) is 6.07 Å². The molecule has 0 saturated heterocycles. The number of carbonyl (C=O) groups is 2. The van der Waals surface area contributed by atoms with Crippen molar-refractivity contribution in [2.45, 2.75) is 19.4 Å². The minimum Gasteiger partial charge on any atom is -0.508 e. The molecule has 0 aromatic heterocycles. The van der Waals surface area contributed by atoms with Crippen LogP contribution in [0.3, 0.4) is 0 Å². The van der Waals surface area contributed by atoms with Crippen molar-refractivity contribution in [3.05, 3.63) is 29.3 Å². The van der Waals surface area contributed by atoms with Crippen molar-refractivity contribution < 1.29 is 24.9 Å². The van der Waals surface area contributed by atoms with Gasteiger partial charge in [-0.05, 0) is 19.1 Å². The molecule has 0 spiro atoms. The fourth-order valence-electron chi connectivity index (χ4n) is 1.49. The van der Waals surface area contributed by atoms with Crippen LogP contribution in [0.1, 0.15) is 22.3 Å². The average molecular weight is 253 g/mol. The predicted octanol–water partition coefficient (Wildman–Crippen LogP) is 0.266. The zero-order valence-electron chi connectivity index (χ0n) is 9.88. The van der Waals surface area contributed by atoms with Gasteiger partial charge in [0.15, 0.2) is 0 Å². The second-order valence-corrected chi connectivity index (χ2v) is 3.83. The van der Waals surface area contributed by atoms with Gasteiger partial charge in [0.05, 0.1) is 0 Å². The Hall–Kier alpha value is -2.08. The van der Waals surface area contributed by atoms with Crippen molar-refractivity contribution in [2.24, 2.45) is 0 Å². The first-order chi connectivity index (χ1) is 8.47. The molecule has 0 fully saturated rings. The van der Waals surface area contributed by atoms with Crippen molar-refractivity contribution >= 4 is 11.9 Å². The first kappa shape index (κ1) is 14.0. The lowest BCUT2D eigenvalue weighted by molar-refractivity contribution is -0.139. The number of amides is 1. The summed E-state index contributed by atoms with van der Waals surface area (Å²) in [7, 11) is 0. The molecule has 1 rings (SSSR count). The average Bonchev–Trinajstić information content (AvgIpc) is 2.31. The number of aromatic hydroxyl groups is 1. The van der Waals surface area contributed by atoms with Crippen molar-refractivity contribution in [1.29, 1.82) is 0 Å². The molecule has 0 aliphatic rings. The van der Waals surface area contributed by atoms with E-state index in [1.807, 2.05) is 0 Å². The fraction of sp³-hybridized carbons (Fsp3) is 0.333. The Labute approximate surface area is 104 Å². The molecular formula is C12H15NO5. The van der Waals surface area contributed by atoms with Gasteiger partial charge >= 0.3 is 5.97 Å². The summed E-state index contributed by atoms with van der Waals surface area (Å²) in [5.41, 5.74) is 0.585. The quantitative estimate of drug-likeness (QED) is 0.602. The Morgan fingerprint density at radius 1 is 1.39 bits per heavy atom. The summed E-state index contributed by atoms with van der Waals surface area (Å²) in [5.74, 6) is -1.84. The minimum absolute atomic E-state index is 0.0308. The topological polar surface area (TPSA) is 107 Å². The summed E-state index contributed by atoms with van der Waals surface area (Å²) in [5, 5.41) is 29.3. The van der Waals surface area contributed by atoms with Gasteiger partial charge in [-0.25, -0.2) is 4.79 Å². The van der Waals surface area contributed by atoms with Crippen LogP contribution in [0.5, 0.6) is 5.75 Å². The lowest BCUT2D eigenvalue weighted by Crippen LogP contribution is -2.41. The SMILES string of the molecule is Cc1c(O)cccc1C(=O)N[C@@H](CCO)C(=O)O. The third-order valence-corrected chi connectivity index (χ3v) is 2.57. The number of nitrogens with one attached hydrogen (secondary N) is 1. The van der Waals surface area contributed by atoms with Gasteiger partial charge in [-0.15, -0.1) is 0 Å². The molecule has 0 bridgehead atoms. The molecule has 1 aromatic carbocycles. The number of benzene rings is 1. The van der Waals surface area contributed by atoms with Gasteiger partial charge in [-0.3, -0.25) is 4.79 Å². The van der Waals surface area contributed by atoms with Gasteiger partial charge in [-0.2, -0.15) is 0 Å². The third-order valence-electron chi connectivity index (χ3n) is 2.57. The van der Waals surface area contributed by atoms with Crippen LogP contribution in [-0.4, -0.2) is 39.8 Å². The van der Waals surface area contributed by atoms with E-state index in [4.69, 9.17) is 10.2 Å². The Bertz CT molecular complexity index is 458. The molecule has 18 heavy (non-hydrogen) atoms. The molecule has 6 nitrogen and oxygen atoms in total. The van der Waals surface area contributed by atoms with E-state index in [1.54, 1.807) is 6.92 Å². The van der Waals surface area contributed by atoms with E-state index in [-0.39, 0.29) is 24.3 Å². The highest BCUT2D eigenvalue weighted by Gasteiger charge is 2.21. The lowest BCUT2D eigenvalue weighted by Gasteiger charge is -2.14. The van der Waals surface area contributed by atoms with Crippen LogP contribution in [0.2, 0.25) is 0 Å². The number of aliphatic hydroxyl groups excluding tert-OH is 1. The van der Waals surface area contributed by atoms with E-state index in [1.165, 1.54) is 18.2 Å². The maximum atomic E-state index is 11.8. The highest BCUT2D eigenvalue weighted by atomic mass is 16.4. The first-order valence-electron chi connectivity index (χ1n) is 5.40. The number of hydrogen-bond acceptors (Lipinski definition) is 4. The molecule has 0 radical (unpaired) electrons. The van der Waals surface area contributed by atoms with E-state index in [2.05, 4.69) is 5.32 Å². The van der Waals surface area contributed by atoms with E-state index < -0.39 is 17.9 Å². The van der Waals surface area contributed by atoms with Gasteiger partial charge < -0.3 is 20.6 Å². The number of phenols is 1. The van der Waals surface area contributed by atoms with Gasteiger partial charge in [0.2, 0.25) is 0 Å². The molecule has 0 aliphatic heterocycles. The van der Waals surface area contributed by atoms with E-state index in [0.717, 1.165) is 0 Å². The molecule has 0 heterocycles. The van der Waals surface area contributed by atoms with E-state index in [0.29, 0.717) is 5.56 Å². The summed E-state index contributed by atoms with van der Waals surface area (Å²) in [6.45, 7) is 1.22. The zero-order chi connectivity index (χ0) is 13.7. The molecule has 4 N–H and O–H groups in total. The third kappa shape index (κ3) is 3.21. The number of hydrogen-bond donors (Lipinski definition) is 4. The second-order valence-electron chi connectivity index (χ2n) is 3.83. The number of rotatable bonds is 5. The van der Waals surface area contributed by atoms with Crippen molar-refractivity contribution in [1.82, 2.24) is 5.32 Å². The highest BCUT2D eigenvalue weighted by Crippen LogP contribution is 2.19. The summed E-state index contributed by atoms with van der Waals surface area (Å²) in [4.78, 5) is 22.7. The summed E-state index contributed by atoms with van der Waals surface area (Å²) >= 11 is 0.